The molecular formula is C14H24N4OS. The van der Waals surface area contributed by atoms with Crippen molar-refractivity contribution < 1.29 is 4.74 Å². The van der Waals surface area contributed by atoms with Gasteiger partial charge in [0.1, 0.15) is 17.2 Å². The molecular weight excluding hydrogens is 272 g/mol. The molecule has 1 aromatic rings. The molecule has 0 spiro atoms. The largest absolute Gasteiger partial charge is 0.383 e. The summed E-state index contributed by atoms with van der Waals surface area (Å²) in [6, 6.07) is 2.09. The molecule has 1 fully saturated rings. The molecule has 0 aliphatic carbocycles. The summed E-state index contributed by atoms with van der Waals surface area (Å²) in [6.07, 6.45) is 6.23. The Morgan fingerprint density at radius 2 is 2.40 bits per heavy atom. The molecule has 1 aliphatic rings. The molecule has 1 unspecified atom stereocenters. The van der Waals surface area contributed by atoms with Crippen molar-refractivity contribution in [3.63, 3.8) is 0 Å². The van der Waals surface area contributed by atoms with Gasteiger partial charge in [0.15, 0.2) is 0 Å². The Kier molecular flexibility index (Phi) is 6.56. The number of nitrogens with one attached hydrogen (secondary N) is 1. The Bertz CT molecular complexity index is 405. The van der Waals surface area contributed by atoms with Gasteiger partial charge in [0.05, 0.1) is 6.61 Å². The topological polar surface area (TPSA) is 50.3 Å². The van der Waals surface area contributed by atoms with Gasteiger partial charge in [-0.05, 0) is 31.6 Å². The van der Waals surface area contributed by atoms with Crippen molar-refractivity contribution in [2.45, 2.75) is 17.9 Å². The van der Waals surface area contributed by atoms with Crippen LogP contribution in [0.1, 0.15) is 12.8 Å². The predicted octanol–water partition coefficient (Wildman–Crippen LogP) is 1.65. The lowest BCUT2D eigenvalue weighted by molar-refractivity contribution is 0.197. The molecule has 6 heteroatoms. The van der Waals surface area contributed by atoms with Gasteiger partial charge in [-0.15, -0.1) is 11.8 Å². The van der Waals surface area contributed by atoms with E-state index in [0.29, 0.717) is 5.92 Å². The molecule has 2 rings (SSSR count). The first-order chi connectivity index (χ1) is 9.83. The van der Waals surface area contributed by atoms with Crippen LogP contribution in [-0.2, 0) is 4.74 Å². The Morgan fingerprint density at radius 3 is 3.20 bits per heavy atom. The van der Waals surface area contributed by atoms with Crippen LogP contribution in [0.3, 0.4) is 0 Å². The molecule has 2 heterocycles. The summed E-state index contributed by atoms with van der Waals surface area (Å²) in [7, 11) is 1.74. The summed E-state index contributed by atoms with van der Waals surface area (Å²) in [6.45, 7) is 4.93. The van der Waals surface area contributed by atoms with E-state index in [-0.39, 0.29) is 0 Å². The van der Waals surface area contributed by atoms with Crippen LogP contribution in [0.15, 0.2) is 17.4 Å². The highest BCUT2D eigenvalue weighted by Crippen LogP contribution is 2.23. The van der Waals surface area contributed by atoms with E-state index in [1.165, 1.54) is 12.8 Å². The molecule has 0 saturated carbocycles. The fraction of sp³-hybridized carbons (Fsp3) is 0.714. The third kappa shape index (κ3) is 4.61. The van der Waals surface area contributed by atoms with Crippen molar-refractivity contribution in [3.05, 3.63) is 12.4 Å². The number of hydrogen-bond donors (Lipinski definition) is 1. The summed E-state index contributed by atoms with van der Waals surface area (Å²) in [5.41, 5.74) is 0. The normalized spacial score (nSPS) is 19.3. The lowest BCUT2D eigenvalue weighted by atomic mass is 9.98. The van der Waals surface area contributed by atoms with Gasteiger partial charge in [-0.1, -0.05) is 0 Å². The summed E-state index contributed by atoms with van der Waals surface area (Å²) in [4.78, 5) is 11.0. The van der Waals surface area contributed by atoms with E-state index in [9.17, 15) is 0 Å². The number of hydrogen-bond acceptors (Lipinski definition) is 6. The zero-order chi connectivity index (χ0) is 14.2. The van der Waals surface area contributed by atoms with Crippen molar-refractivity contribution in [1.82, 2.24) is 15.3 Å². The van der Waals surface area contributed by atoms with Crippen molar-refractivity contribution in [1.29, 1.82) is 0 Å². The highest BCUT2D eigenvalue weighted by atomic mass is 32.2. The molecule has 0 bridgehead atoms. The quantitative estimate of drug-likeness (QED) is 0.469. The van der Waals surface area contributed by atoms with Crippen molar-refractivity contribution in [2.75, 3.05) is 51.1 Å². The second-order valence-corrected chi connectivity index (χ2v) is 5.90. The van der Waals surface area contributed by atoms with Gasteiger partial charge in [-0.25, -0.2) is 9.97 Å². The highest BCUT2D eigenvalue weighted by molar-refractivity contribution is 7.98. The maximum absolute atomic E-state index is 5.06. The fourth-order valence-electron chi connectivity index (χ4n) is 2.53. The summed E-state index contributed by atoms with van der Waals surface area (Å²) >= 11 is 1.66. The van der Waals surface area contributed by atoms with Crippen LogP contribution in [-0.4, -0.2) is 56.1 Å². The first-order valence-corrected chi connectivity index (χ1v) is 8.36. The minimum atomic E-state index is 0.688. The number of piperidine rings is 1. The molecule has 0 aromatic carbocycles. The van der Waals surface area contributed by atoms with Gasteiger partial charge in [0.2, 0.25) is 0 Å². The van der Waals surface area contributed by atoms with E-state index in [4.69, 9.17) is 4.74 Å². The van der Waals surface area contributed by atoms with E-state index in [2.05, 4.69) is 26.3 Å². The Morgan fingerprint density at radius 1 is 1.50 bits per heavy atom. The molecule has 1 aromatic heterocycles. The summed E-state index contributed by atoms with van der Waals surface area (Å²) < 4.78 is 5.06. The van der Waals surface area contributed by atoms with Gasteiger partial charge >= 0.3 is 0 Å². The highest BCUT2D eigenvalue weighted by Gasteiger charge is 2.20. The van der Waals surface area contributed by atoms with Crippen LogP contribution in [0.2, 0.25) is 0 Å². The maximum Gasteiger partial charge on any atom is 0.133 e. The predicted molar refractivity (Wildman–Crippen MR) is 83.5 cm³/mol. The van der Waals surface area contributed by atoms with Crippen LogP contribution in [0.25, 0.3) is 0 Å². The molecule has 1 aliphatic heterocycles. The Hall–Kier alpha value is -0.850. The van der Waals surface area contributed by atoms with Gasteiger partial charge in [0.25, 0.3) is 0 Å². The smallest absolute Gasteiger partial charge is 0.133 e. The number of ether oxygens (including phenoxy) is 1. The zero-order valence-electron chi connectivity index (χ0n) is 12.3. The lowest BCUT2D eigenvalue weighted by Crippen LogP contribution is -2.40. The second-order valence-electron chi connectivity index (χ2n) is 5.07. The number of nitrogens with zero attached hydrogens (tertiary/aromatic N) is 3. The van der Waals surface area contributed by atoms with E-state index in [1.54, 1.807) is 25.2 Å². The molecule has 1 N–H and O–H groups in total. The first-order valence-electron chi connectivity index (χ1n) is 7.14. The fourth-order valence-corrected chi connectivity index (χ4v) is 2.91. The number of methoxy groups -OCH3 is 1. The van der Waals surface area contributed by atoms with E-state index >= 15 is 0 Å². The van der Waals surface area contributed by atoms with Crippen LogP contribution in [0, 0.1) is 5.92 Å². The standard InChI is InChI=1S/C14H24N4OS/c1-19-7-5-15-9-12-4-3-6-18(10-12)13-8-14(20-2)17-11-16-13/h8,11-12,15H,3-7,9-10H2,1-2H3. The van der Waals surface area contributed by atoms with Crippen LogP contribution in [0.5, 0.6) is 0 Å². The number of aromatic nitrogens is 2. The Labute approximate surface area is 125 Å². The van der Waals surface area contributed by atoms with Gasteiger partial charge in [0, 0.05) is 32.8 Å². The monoisotopic (exact) mass is 296 g/mol. The molecule has 0 radical (unpaired) electrons. The van der Waals surface area contributed by atoms with Crippen LogP contribution < -0.4 is 10.2 Å². The van der Waals surface area contributed by atoms with Crippen LogP contribution >= 0.6 is 11.8 Å². The van der Waals surface area contributed by atoms with E-state index in [1.807, 2.05) is 6.26 Å². The molecule has 1 atom stereocenters. The average molecular weight is 296 g/mol. The van der Waals surface area contributed by atoms with Gasteiger partial charge in [-0.2, -0.15) is 0 Å². The summed E-state index contributed by atoms with van der Waals surface area (Å²) in [5.74, 6) is 1.75. The van der Waals surface area contributed by atoms with Crippen molar-refractivity contribution in [2.24, 2.45) is 5.92 Å². The third-order valence-corrected chi connectivity index (χ3v) is 4.24. The minimum Gasteiger partial charge on any atom is -0.383 e. The van der Waals surface area contributed by atoms with Gasteiger partial charge in [-0.3, -0.25) is 0 Å². The van der Waals surface area contributed by atoms with Crippen LogP contribution in [0.4, 0.5) is 5.82 Å². The summed E-state index contributed by atoms with van der Waals surface area (Å²) in [5, 5.41) is 4.50. The first kappa shape index (κ1) is 15.5. The van der Waals surface area contributed by atoms with Crippen molar-refractivity contribution in [3.8, 4) is 0 Å². The minimum absolute atomic E-state index is 0.688. The molecule has 0 amide bonds. The average Bonchev–Trinajstić information content (AvgIpc) is 2.52. The molecule has 1 saturated heterocycles. The third-order valence-electron chi connectivity index (χ3n) is 3.60. The maximum atomic E-state index is 5.06. The molecule has 5 nitrogen and oxygen atoms in total. The number of thioether (sulfide) groups is 1. The SMILES string of the molecule is COCCNCC1CCCN(c2cc(SC)ncn2)C1. The number of rotatable bonds is 7. The van der Waals surface area contributed by atoms with E-state index < -0.39 is 0 Å². The molecule has 20 heavy (non-hydrogen) atoms. The lowest BCUT2D eigenvalue weighted by Gasteiger charge is -2.33. The molecule has 112 valence electrons. The second kappa shape index (κ2) is 8.44. The van der Waals surface area contributed by atoms with Gasteiger partial charge < -0.3 is 15.0 Å². The Balaban J connectivity index is 1.86. The number of anilines is 1. The zero-order valence-corrected chi connectivity index (χ0v) is 13.2. The van der Waals surface area contributed by atoms with E-state index in [0.717, 1.165) is 43.6 Å². The van der Waals surface area contributed by atoms with Crippen molar-refractivity contribution >= 4 is 17.6 Å².